The number of nitrogens with zero attached hydrogens (tertiary/aromatic N) is 3. The van der Waals surface area contributed by atoms with E-state index in [2.05, 4.69) is 50.1 Å². The summed E-state index contributed by atoms with van der Waals surface area (Å²) in [5.74, 6) is 0.574. The van der Waals surface area contributed by atoms with Crippen LogP contribution in [0.5, 0.6) is 0 Å². The van der Waals surface area contributed by atoms with Gasteiger partial charge < -0.3 is 4.90 Å². The van der Waals surface area contributed by atoms with E-state index in [-0.39, 0.29) is 11.3 Å². The lowest BCUT2D eigenvalue weighted by Gasteiger charge is -2.19. The van der Waals surface area contributed by atoms with E-state index >= 15 is 0 Å². The number of hydrogen-bond donors (Lipinski definition) is 0. The van der Waals surface area contributed by atoms with Gasteiger partial charge in [0, 0.05) is 37.3 Å². The van der Waals surface area contributed by atoms with Gasteiger partial charge in [0.15, 0.2) is 0 Å². The molecule has 0 bridgehead atoms. The Balaban J connectivity index is 1.86. The molecule has 5 heteroatoms. The summed E-state index contributed by atoms with van der Waals surface area (Å²) in [6.07, 6.45) is 3.73. The van der Waals surface area contributed by atoms with E-state index in [9.17, 15) is 4.79 Å². The lowest BCUT2D eigenvalue weighted by Crippen LogP contribution is -2.27. The van der Waals surface area contributed by atoms with Crippen LogP contribution in [-0.2, 0) is 23.8 Å². The van der Waals surface area contributed by atoms with Crippen molar-refractivity contribution >= 4 is 17.7 Å². The normalized spacial score (nSPS) is 11.5. The molecular weight excluding hydrogens is 306 g/mol. The average Bonchev–Trinajstić information content (AvgIpc) is 2.89. The van der Waals surface area contributed by atoms with Crippen molar-refractivity contribution in [3.8, 4) is 0 Å². The van der Waals surface area contributed by atoms with Crippen molar-refractivity contribution in [2.45, 2.75) is 37.6 Å². The molecule has 0 N–H and O–H groups in total. The van der Waals surface area contributed by atoms with Crippen molar-refractivity contribution < 1.29 is 4.79 Å². The van der Waals surface area contributed by atoms with Crippen LogP contribution in [0.2, 0.25) is 0 Å². The summed E-state index contributed by atoms with van der Waals surface area (Å²) in [6, 6.07) is 8.48. The monoisotopic (exact) mass is 331 g/mol. The van der Waals surface area contributed by atoms with E-state index < -0.39 is 0 Å². The van der Waals surface area contributed by atoms with Crippen molar-refractivity contribution in [3.05, 3.63) is 47.8 Å². The molecule has 1 aromatic heterocycles. The van der Waals surface area contributed by atoms with Crippen LogP contribution in [0.3, 0.4) is 0 Å². The molecule has 0 radical (unpaired) electrons. The molecule has 0 aliphatic carbocycles. The summed E-state index contributed by atoms with van der Waals surface area (Å²) in [7, 11) is 3.71. The van der Waals surface area contributed by atoms with Gasteiger partial charge >= 0.3 is 0 Å². The highest BCUT2D eigenvalue weighted by atomic mass is 32.2. The van der Waals surface area contributed by atoms with Crippen LogP contribution < -0.4 is 0 Å². The van der Waals surface area contributed by atoms with Crippen molar-refractivity contribution in [1.82, 2.24) is 14.7 Å². The zero-order valence-electron chi connectivity index (χ0n) is 14.5. The fourth-order valence-electron chi connectivity index (χ4n) is 2.22. The van der Waals surface area contributed by atoms with E-state index in [1.54, 1.807) is 27.5 Å². The van der Waals surface area contributed by atoms with E-state index in [4.69, 9.17) is 0 Å². The van der Waals surface area contributed by atoms with Crippen molar-refractivity contribution in [3.63, 3.8) is 0 Å². The van der Waals surface area contributed by atoms with Crippen molar-refractivity contribution in [1.29, 1.82) is 0 Å². The first-order valence-corrected chi connectivity index (χ1v) is 8.69. The molecule has 0 fully saturated rings. The first kappa shape index (κ1) is 17.6. The van der Waals surface area contributed by atoms with Crippen LogP contribution in [0.4, 0.5) is 0 Å². The maximum Gasteiger partial charge on any atom is 0.232 e. The van der Waals surface area contributed by atoms with E-state index in [1.807, 2.05) is 20.3 Å². The summed E-state index contributed by atoms with van der Waals surface area (Å²) >= 11 is 1.58. The highest BCUT2D eigenvalue weighted by Crippen LogP contribution is 2.25. The maximum atomic E-state index is 12.2. The van der Waals surface area contributed by atoms with Gasteiger partial charge in [0.25, 0.3) is 0 Å². The standard InChI is InChI=1S/C18H25N3OS/c1-18(2,3)15-6-8-16(9-7-15)23-13-17(22)20(4)11-14-10-19-21(5)12-14/h6-10,12H,11,13H2,1-5H3. The number of benzene rings is 1. The van der Waals surface area contributed by atoms with Gasteiger partial charge in [0.05, 0.1) is 11.9 Å². The minimum absolute atomic E-state index is 0.124. The largest absolute Gasteiger partial charge is 0.341 e. The van der Waals surface area contributed by atoms with Crippen molar-refractivity contribution in [2.75, 3.05) is 12.8 Å². The van der Waals surface area contributed by atoms with Gasteiger partial charge in [0.2, 0.25) is 5.91 Å². The molecule has 0 saturated carbocycles. The minimum atomic E-state index is 0.124. The molecule has 1 aromatic carbocycles. The van der Waals surface area contributed by atoms with Crippen molar-refractivity contribution in [2.24, 2.45) is 7.05 Å². The fraction of sp³-hybridized carbons (Fsp3) is 0.444. The topological polar surface area (TPSA) is 38.1 Å². The Hall–Kier alpha value is -1.75. The van der Waals surface area contributed by atoms with Gasteiger partial charge in [-0.15, -0.1) is 11.8 Å². The Morgan fingerprint density at radius 2 is 1.91 bits per heavy atom. The fourth-order valence-corrected chi connectivity index (χ4v) is 3.06. The van der Waals surface area contributed by atoms with E-state index in [0.29, 0.717) is 12.3 Å². The molecule has 0 unspecified atom stereocenters. The highest BCUT2D eigenvalue weighted by molar-refractivity contribution is 8.00. The first-order chi connectivity index (χ1) is 10.8. The van der Waals surface area contributed by atoms with Gasteiger partial charge in [-0.25, -0.2) is 0 Å². The highest BCUT2D eigenvalue weighted by Gasteiger charge is 2.14. The number of amides is 1. The Morgan fingerprint density at radius 1 is 1.26 bits per heavy atom. The second kappa shape index (κ2) is 7.21. The minimum Gasteiger partial charge on any atom is -0.341 e. The van der Waals surface area contributed by atoms with Crippen LogP contribution in [0.15, 0.2) is 41.6 Å². The summed E-state index contributed by atoms with van der Waals surface area (Å²) in [4.78, 5) is 15.1. The molecule has 4 nitrogen and oxygen atoms in total. The smallest absolute Gasteiger partial charge is 0.232 e. The third-order valence-corrected chi connectivity index (χ3v) is 4.68. The van der Waals surface area contributed by atoms with Crippen LogP contribution in [0.25, 0.3) is 0 Å². The first-order valence-electron chi connectivity index (χ1n) is 7.70. The number of aromatic nitrogens is 2. The molecule has 2 aromatic rings. The number of carbonyl (C=O) groups excluding carboxylic acids is 1. The predicted molar refractivity (Wildman–Crippen MR) is 95.5 cm³/mol. The Labute approximate surface area is 142 Å². The second-order valence-corrected chi connectivity index (χ2v) is 7.88. The van der Waals surface area contributed by atoms with Gasteiger partial charge in [-0.05, 0) is 23.1 Å². The number of hydrogen-bond acceptors (Lipinski definition) is 3. The van der Waals surface area contributed by atoms with Gasteiger partial charge in [-0.1, -0.05) is 32.9 Å². The molecule has 1 amide bonds. The molecule has 2 rings (SSSR count). The zero-order valence-corrected chi connectivity index (χ0v) is 15.4. The number of aryl methyl sites for hydroxylation is 1. The molecular formula is C18H25N3OS. The number of rotatable bonds is 5. The molecule has 124 valence electrons. The quantitative estimate of drug-likeness (QED) is 0.788. The van der Waals surface area contributed by atoms with Crippen LogP contribution in [0, 0.1) is 0 Å². The Bertz CT molecular complexity index is 656. The molecule has 1 heterocycles. The SMILES string of the molecule is CN(Cc1cnn(C)c1)C(=O)CSc1ccc(C(C)(C)C)cc1. The zero-order chi connectivity index (χ0) is 17.0. The molecule has 0 atom stereocenters. The molecule has 0 aliphatic rings. The third kappa shape index (κ3) is 5.13. The summed E-state index contributed by atoms with van der Waals surface area (Å²) in [5.41, 5.74) is 2.51. The summed E-state index contributed by atoms with van der Waals surface area (Å²) in [6.45, 7) is 7.19. The van der Waals surface area contributed by atoms with Gasteiger partial charge in [-0.2, -0.15) is 5.10 Å². The maximum absolute atomic E-state index is 12.2. The molecule has 0 saturated heterocycles. The average molecular weight is 331 g/mol. The Morgan fingerprint density at radius 3 is 2.43 bits per heavy atom. The molecule has 0 spiro atoms. The molecule has 0 aliphatic heterocycles. The second-order valence-electron chi connectivity index (χ2n) is 6.84. The summed E-state index contributed by atoms with van der Waals surface area (Å²) < 4.78 is 1.75. The number of thioether (sulfide) groups is 1. The molecule has 23 heavy (non-hydrogen) atoms. The lowest BCUT2D eigenvalue weighted by atomic mass is 9.87. The van der Waals surface area contributed by atoms with E-state index in [0.717, 1.165) is 10.5 Å². The van der Waals surface area contributed by atoms with Gasteiger partial charge in [0.1, 0.15) is 0 Å². The predicted octanol–water partition coefficient (Wildman–Crippen LogP) is 3.47. The summed E-state index contributed by atoms with van der Waals surface area (Å²) in [5, 5.41) is 4.12. The van der Waals surface area contributed by atoms with Gasteiger partial charge in [-0.3, -0.25) is 9.48 Å². The van der Waals surface area contributed by atoms with Crippen LogP contribution in [-0.4, -0.2) is 33.4 Å². The van der Waals surface area contributed by atoms with Crippen LogP contribution in [0.1, 0.15) is 31.9 Å². The Kier molecular flexibility index (Phi) is 5.52. The number of carbonyl (C=O) groups is 1. The van der Waals surface area contributed by atoms with Crippen LogP contribution >= 0.6 is 11.8 Å². The lowest BCUT2D eigenvalue weighted by molar-refractivity contribution is -0.127. The third-order valence-electron chi connectivity index (χ3n) is 3.69. The van der Waals surface area contributed by atoms with E-state index in [1.165, 1.54) is 5.56 Å².